The van der Waals surface area contributed by atoms with E-state index in [0.717, 1.165) is 54.4 Å². The fraction of sp³-hybridized carbons (Fsp3) is 0.565. The summed E-state index contributed by atoms with van der Waals surface area (Å²) in [6.07, 6.45) is 0. The zero-order chi connectivity index (χ0) is 23.0. The first-order chi connectivity index (χ1) is 15.1. The minimum Gasteiger partial charge on any atom is -0.354 e. The Balaban J connectivity index is 1.49. The molecule has 0 saturated carbocycles. The van der Waals surface area contributed by atoms with E-state index < -0.39 is 10.0 Å². The molecule has 0 bridgehead atoms. The van der Waals surface area contributed by atoms with Crippen LogP contribution in [-0.2, 0) is 10.0 Å². The van der Waals surface area contributed by atoms with Crippen LogP contribution < -0.4 is 9.80 Å². The van der Waals surface area contributed by atoms with Crippen molar-refractivity contribution in [2.24, 2.45) is 0 Å². The second-order valence-electron chi connectivity index (χ2n) is 9.08. The van der Waals surface area contributed by atoms with Crippen molar-refractivity contribution >= 4 is 21.8 Å². The number of anilines is 2. The number of rotatable bonds is 4. The van der Waals surface area contributed by atoms with E-state index in [9.17, 15) is 8.42 Å². The monoisotopic (exact) mass is 458 g/mol. The third-order valence-electron chi connectivity index (χ3n) is 6.38. The fourth-order valence-electron chi connectivity index (χ4n) is 4.71. The normalized spacial score (nSPS) is 18.9. The third kappa shape index (κ3) is 4.60. The predicted molar refractivity (Wildman–Crippen MR) is 128 cm³/mol. The lowest BCUT2D eigenvalue weighted by Crippen LogP contribution is -2.49. The van der Waals surface area contributed by atoms with Crippen LogP contribution in [0.3, 0.4) is 0 Å². The molecule has 1 aromatic heterocycles. The molecule has 0 atom stereocenters. The molecule has 0 spiro atoms. The van der Waals surface area contributed by atoms with E-state index in [1.54, 1.807) is 4.31 Å². The van der Waals surface area contributed by atoms with Crippen molar-refractivity contribution < 1.29 is 8.42 Å². The first kappa shape index (κ1) is 22.9. The minimum atomic E-state index is -3.53. The summed E-state index contributed by atoms with van der Waals surface area (Å²) in [5.41, 5.74) is 3.63. The molecular formula is C23H34N6O2S. The van der Waals surface area contributed by atoms with Gasteiger partial charge in [-0.25, -0.2) is 13.4 Å². The smallest absolute Gasteiger partial charge is 0.243 e. The highest BCUT2D eigenvalue weighted by Gasteiger charge is 2.32. The zero-order valence-corrected chi connectivity index (χ0v) is 20.6. The van der Waals surface area contributed by atoms with E-state index in [4.69, 9.17) is 4.98 Å². The van der Waals surface area contributed by atoms with Gasteiger partial charge >= 0.3 is 0 Å². The van der Waals surface area contributed by atoms with E-state index in [1.807, 2.05) is 45.9 Å². The van der Waals surface area contributed by atoms with Crippen LogP contribution in [0.25, 0.3) is 0 Å². The van der Waals surface area contributed by atoms with E-state index in [0.29, 0.717) is 37.0 Å². The average Bonchev–Trinajstić information content (AvgIpc) is 2.73. The summed E-state index contributed by atoms with van der Waals surface area (Å²) in [5, 5.41) is 0. The maximum atomic E-state index is 13.4. The van der Waals surface area contributed by atoms with Gasteiger partial charge in [0.1, 0.15) is 5.82 Å². The summed E-state index contributed by atoms with van der Waals surface area (Å²) >= 11 is 0. The van der Waals surface area contributed by atoms with E-state index in [2.05, 4.69) is 26.7 Å². The van der Waals surface area contributed by atoms with Gasteiger partial charge in [0.25, 0.3) is 0 Å². The van der Waals surface area contributed by atoms with Gasteiger partial charge in [-0.3, -0.25) is 0 Å². The summed E-state index contributed by atoms with van der Waals surface area (Å²) in [6, 6.07) is 5.92. The van der Waals surface area contributed by atoms with Crippen LogP contribution in [0.5, 0.6) is 0 Å². The number of hydrogen-bond donors (Lipinski definition) is 0. The molecule has 1 aromatic carbocycles. The van der Waals surface area contributed by atoms with E-state index in [-0.39, 0.29) is 0 Å². The lowest BCUT2D eigenvalue weighted by atomic mass is 10.1. The summed E-state index contributed by atoms with van der Waals surface area (Å²) in [7, 11) is -1.39. The van der Waals surface area contributed by atoms with Crippen LogP contribution >= 0.6 is 0 Å². The van der Waals surface area contributed by atoms with Gasteiger partial charge in [-0.1, -0.05) is 17.7 Å². The number of piperazine rings is 2. The van der Waals surface area contributed by atoms with Gasteiger partial charge < -0.3 is 14.7 Å². The SMILES string of the molecule is Cc1cc(C)c(S(=O)(=O)N2CCN(c3nc(C)cc(N4CCN(C)CC4)n3)CC2)c(C)c1. The Hall–Kier alpha value is -2.23. The second-order valence-corrected chi connectivity index (χ2v) is 11.0. The molecule has 2 fully saturated rings. The van der Waals surface area contributed by atoms with Gasteiger partial charge in [-0.05, 0) is 45.9 Å². The molecule has 3 heterocycles. The number of aryl methyl sites for hydroxylation is 4. The minimum absolute atomic E-state index is 0.427. The van der Waals surface area contributed by atoms with Gasteiger partial charge in [0.2, 0.25) is 16.0 Å². The topological polar surface area (TPSA) is 72.9 Å². The number of sulfonamides is 1. The standard InChI is InChI=1S/C23H34N6O2S/c1-17-14-18(2)22(19(3)15-17)32(30,31)29-12-10-28(11-13-29)23-24-20(4)16-21(25-23)27-8-6-26(5)7-9-27/h14-16H,6-13H2,1-5H3. The number of likely N-dealkylation sites (N-methyl/N-ethyl adjacent to an activating group) is 1. The quantitative estimate of drug-likeness (QED) is 0.694. The average molecular weight is 459 g/mol. The Labute approximate surface area is 191 Å². The molecule has 2 aliphatic heterocycles. The summed E-state index contributed by atoms with van der Waals surface area (Å²) in [4.78, 5) is 16.7. The summed E-state index contributed by atoms with van der Waals surface area (Å²) in [6.45, 7) is 13.7. The van der Waals surface area contributed by atoms with Crippen molar-refractivity contribution in [2.45, 2.75) is 32.6 Å². The highest BCUT2D eigenvalue weighted by molar-refractivity contribution is 7.89. The molecule has 32 heavy (non-hydrogen) atoms. The summed E-state index contributed by atoms with van der Waals surface area (Å²) in [5.74, 6) is 1.65. The maximum absolute atomic E-state index is 13.4. The molecule has 2 aliphatic rings. The van der Waals surface area contributed by atoms with Crippen molar-refractivity contribution in [1.82, 2.24) is 19.2 Å². The van der Waals surface area contributed by atoms with Crippen LogP contribution in [0.2, 0.25) is 0 Å². The van der Waals surface area contributed by atoms with E-state index in [1.165, 1.54) is 0 Å². The Kier molecular flexibility index (Phi) is 6.42. The molecule has 0 N–H and O–H groups in total. The lowest BCUT2D eigenvalue weighted by molar-refractivity contribution is 0.312. The number of nitrogens with zero attached hydrogens (tertiary/aromatic N) is 6. The van der Waals surface area contributed by atoms with Crippen LogP contribution in [0, 0.1) is 27.7 Å². The zero-order valence-electron chi connectivity index (χ0n) is 19.8. The summed E-state index contributed by atoms with van der Waals surface area (Å²) < 4.78 is 28.4. The number of hydrogen-bond acceptors (Lipinski definition) is 7. The molecule has 2 saturated heterocycles. The number of aromatic nitrogens is 2. The molecule has 0 aliphatic carbocycles. The Bertz CT molecular complexity index is 1060. The van der Waals surface area contributed by atoms with Crippen molar-refractivity contribution in [3.8, 4) is 0 Å². The van der Waals surface area contributed by atoms with Crippen molar-refractivity contribution in [1.29, 1.82) is 0 Å². The largest absolute Gasteiger partial charge is 0.354 e. The molecule has 8 nitrogen and oxygen atoms in total. The first-order valence-corrected chi connectivity index (χ1v) is 12.7. The Morgan fingerprint density at radius 2 is 1.31 bits per heavy atom. The Morgan fingerprint density at radius 1 is 0.750 bits per heavy atom. The molecule has 4 rings (SSSR count). The first-order valence-electron chi connectivity index (χ1n) is 11.3. The molecule has 174 valence electrons. The fourth-order valence-corrected chi connectivity index (χ4v) is 6.54. The second kappa shape index (κ2) is 8.96. The van der Waals surface area contributed by atoms with Crippen LogP contribution in [-0.4, -0.2) is 87.0 Å². The van der Waals surface area contributed by atoms with Crippen LogP contribution in [0.4, 0.5) is 11.8 Å². The van der Waals surface area contributed by atoms with Crippen molar-refractivity contribution in [3.63, 3.8) is 0 Å². The van der Waals surface area contributed by atoms with Gasteiger partial charge in [0, 0.05) is 64.1 Å². The highest BCUT2D eigenvalue weighted by atomic mass is 32.2. The van der Waals surface area contributed by atoms with E-state index >= 15 is 0 Å². The van der Waals surface area contributed by atoms with Gasteiger partial charge in [-0.2, -0.15) is 9.29 Å². The van der Waals surface area contributed by atoms with Crippen LogP contribution in [0.15, 0.2) is 23.1 Å². The highest BCUT2D eigenvalue weighted by Crippen LogP contribution is 2.27. The Morgan fingerprint density at radius 3 is 1.91 bits per heavy atom. The predicted octanol–water partition coefficient (Wildman–Crippen LogP) is 1.97. The van der Waals surface area contributed by atoms with Crippen molar-refractivity contribution in [3.05, 3.63) is 40.6 Å². The molecule has 0 amide bonds. The maximum Gasteiger partial charge on any atom is 0.243 e. The molecule has 0 radical (unpaired) electrons. The van der Waals surface area contributed by atoms with Gasteiger partial charge in [-0.15, -0.1) is 0 Å². The molecule has 2 aromatic rings. The van der Waals surface area contributed by atoms with Crippen LogP contribution in [0.1, 0.15) is 22.4 Å². The third-order valence-corrected chi connectivity index (χ3v) is 8.59. The van der Waals surface area contributed by atoms with Gasteiger partial charge in [0.15, 0.2) is 0 Å². The van der Waals surface area contributed by atoms with Crippen molar-refractivity contribution in [2.75, 3.05) is 69.2 Å². The molecule has 9 heteroatoms. The lowest BCUT2D eigenvalue weighted by Gasteiger charge is -2.36. The number of benzene rings is 1. The molecular weight excluding hydrogens is 424 g/mol. The van der Waals surface area contributed by atoms with Gasteiger partial charge in [0.05, 0.1) is 4.90 Å². The molecule has 0 unspecified atom stereocenters.